The number of aromatic nitrogens is 2. The molecule has 0 saturated heterocycles. The molecule has 3 rings (SSSR count). The van der Waals surface area contributed by atoms with Crippen molar-refractivity contribution >= 4 is 28.2 Å². The van der Waals surface area contributed by atoms with Crippen LogP contribution in [0, 0.1) is 0 Å². The molecule has 4 nitrogen and oxygen atoms in total. The number of anilines is 3. The van der Waals surface area contributed by atoms with Crippen LogP contribution in [-0.2, 0) is 0 Å². The first-order valence-electron chi connectivity index (χ1n) is 7.66. The van der Waals surface area contributed by atoms with E-state index in [1.54, 1.807) is 6.20 Å². The summed E-state index contributed by atoms with van der Waals surface area (Å²) in [6, 6.07) is 15.8. The molecule has 0 aliphatic rings. The highest BCUT2D eigenvalue weighted by molar-refractivity contribution is 5.80. The molecule has 0 aliphatic carbocycles. The summed E-state index contributed by atoms with van der Waals surface area (Å²) in [6.45, 7) is 8.00. The Kier molecular flexibility index (Phi) is 7.40. The summed E-state index contributed by atoms with van der Waals surface area (Å²) in [5.74, 6) is 0.430. The summed E-state index contributed by atoms with van der Waals surface area (Å²) in [6.07, 6.45) is 1.56. The largest absolute Gasteiger partial charge is 0.382 e. The summed E-state index contributed by atoms with van der Waals surface area (Å²) in [5, 5.41) is 3.31. The number of nitrogens with one attached hydrogen (secondary N) is 1. The summed E-state index contributed by atoms with van der Waals surface area (Å²) < 4.78 is 0. The number of rotatable bonds is 2. The van der Waals surface area contributed by atoms with E-state index in [-0.39, 0.29) is 0 Å². The molecule has 0 spiro atoms. The highest BCUT2D eigenvalue weighted by Gasteiger charge is 2.00. The molecule has 1 heterocycles. The molecular weight excluding hydrogens is 272 g/mol. The van der Waals surface area contributed by atoms with E-state index in [0.29, 0.717) is 5.82 Å². The van der Waals surface area contributed by atoms with Crippen LogP contribution >= 0.6 is 0 Å². The second-order valence-corrected chi connectivity index (χ2v) is 3.99. The van der Waals surface area contributed by atoms with E-state index in [9.17, 15) is 0 Å². The van der Waals surface area contributed by atoms with Gasteiger partial charge in [0.15, 0.2) is 0 Å². The van der Waals surface area contributed by atoms with Gasteiger partial charge in [-0.1, -0.05) is 45.9 Å². The average Bonchev–Trinajstić information content (AvgIpc) is 2.59. The van der Waals surface area contributed by atoms with Gasteiger partial charge < -0.3 is 11.1 Å². The van der Waals surface area contributed by atoms with Gasteiger partial charge in [0, 0.05) is 11.4 Å². The van der Waals surface area contributed by atoms with Gasteiger partial charge in [-0.15, -0.1) is 0 Å². The van der Waals surface area contributed by atoms with E-state index in [2.05, 4.69) is 15.3 Å². The van der Waals surface area contributed by atoms with Crippen LogP contribution in [0.4, 0.5) is 17.2 Å². The third-order valence-electron chi connectivity index (χ3n) is 2.62. The minimum absolute atomic E-state index is 0.430. The predicted octanol–water partition coefficient (Wildman–Crippen LogP) is 5.01. The van der Waals surface area contributed by atoms with E-state index in [1.165, 1.54) is 0 Å². The van der Waals surface area contributed by atoms with Crippen LogP contribution in [-0.4, -0.2) is 9.97 Å². The van der Waals surface area contributed by atoms with Crippen molar-refractivity contribution in [1.82, 2.24) is 9.97 Å². The Labute approximate surface area is 132 Å². The number of benzene rings is 2. The van der Waals surface area contributed by atoms with Gasteiger partial charge in [-0.2, -0.15) is 0 Å². The minimum atomic E-state index is 0.430. The molecule has 0 amide bonds. The smallest absolute Gasteiger partial charge is 0.142 e. The van der Waals surface area contributed by atoms with Gasteiger partial charge in [-0.3, -0.25) is 4.98 Å². The topological polar surface area (TPSA) is 63.8 Å². The molecule has 0 aliphatic heterocycles. The van der Waals surface area contributed by atoms with Gasteiger partial charge in [-0.05, 0) is 30.3 Å². The first kappa shape index (κ1) is 17.4. The second kappa shape index (κ2) is 9.34. The van der Waals surface area contributed by atoms with E-state index >= 15 is 0 Å². The number of hydrogen-bond acceptors (Lipinski definition) is 4. The molecule has 0 unspecified atom stereocenters. The molecular formula is C18H24N4. The van der Waals surface area contributed by atoms with Crippen molar-refractivity contribution in [2.45, 2.75) is 27.7 Å². The zero-order valence-electron chi connectivity index (χ0n) is 13.7. The van der Waals surface area contributed by atoms with Crippen molar-refractivity contribution in [3.8, 4) is 0 Å². The summed E-state index contributed by atoms with van der Waals surface area (Å²) in [7, 11) is 0. The zero-order chi connectivity index (χ0) is 16.4. The first-order chi connectivity index (χ1) is 10.8. The summed E-state index contributed by atoms with van der Waals surface area (Å²) in [4.78, 5) is 8.47. The Bertz CT molecular complexity index is 681. The monoisotopic (exact) mass is 296 g/mol. The van der Waals surface area contributed by atoms with Gasteiger partial charge in [0.05, 0.1) is 17.2 Å². The van der Waals surface area contributed by atoms with Crippen molar-refractivity contribution in [3.63, 3.8) is 0 Å². The Balaban J connectivity index is 0.000000561. The van der Waals surface area contributed by atoms with Crippen LogP contribution in [0.3, 0.4) is 0 Å². The number of hydrogen-bond donors (Lipinski definition) is 2. The SMILES string of the molecule is CC.CC.Nc1cnc2ccc(Nc3ccccc3)cc2n1. The first-order valence-corrected chi connectivity index (χ1v) is 7.66. The van der Waals surface area contributed by atoms with Crippen molar-refractivity contribution < 1.29 is 0 Å². The molecule has 2 aromatic carbocycles. The second-order valence-electron chi connectivity index (χ2n) is 3.99. The fourth-order valence-corrected chi connectivity index (χ4v) is 1.79. The molecule has 4 heteroatoms. The average molecular weight is 296 g/mol. The molecule has 0 atom stereocenters. The van der Waals surface area contributed by atoms with Crippen molar-refractivity contribution in [2.75, 3.05) is 11.1 Å². The van der Waals surface area contributed by atoms with E-state index in [0.717, 1.165) is 22.4 Å². The van der Waals surface area contributed by atoms with Crippen LogP contribution in [0.15, 0.2) is 54.7 Å². The maximum atomic E-state index is 5.63. The molecule has 3 aromatic rings. The van der Waals surface area contributed by atoms with Gasteiger partial charge in [-0.25, -0.2) is 4.98 Å². The van der Waals surface area contributed by atoms with Crippen LogP contribution in [0.25, 0.3) is 11.0 Å². The van der Waals surface area contributed by atoms with Crippen molar-refractivity contribution in [1.29, 1.82) is 0 Å². The molecule has 1 aromatic heterocycles. The van der Waals surface area contributed by atoms with Gasteiger partial charge in [0.1, 0.15) is 5.82 Å². The molecule has 22 heavy (non-hydrogen) atoms. The van der Waals surface area contributed by atoms with E-state index in [4.69, 9.17) is 5.73 Å². The highest BCUT2D eigenvalue weighted by atomic mass is 14.9. The Morgan fingerprint density at radius 2 is 1.50 bits per heavy atom. The number of nitrogens with zero attached hydrogens (tertiary/aromatic N) is 2. The highest BCUT2D eigenvalue weighted by Crippen LogP contribution is 2.20. The number of para-hydroxylation sites is 1. The third kappa shape index (κ3) is 4.74. The quantitative estimate of drug-likeness (QED) is 0.698. The maximum Gasteiger partial charge on any atom is 0.142 e. The van der Waals surface area contributed by atoms with Gasteiger partial charge >= 0.3 is 0 Å². The minimum Gasteiger partial charge on any atom is -0.382 e. The number of nitrogens with two attached hydrogens (primary N) is 1. The maximum absolute atomic E-state index is 5.63. The fourth-order valence-electron chi connectivity index (χ4n) is 1.79. The lowest BCUT2D eigenvalue weighted by Crippen LogP contribution is -1.94. The molecule has 3 N–H and O–H groups in total. The lowest BCUT2D eigenvalue weighted by Gasteiger charge is -2.07. The van der Waals surface area contributed by atoms with E-state index in [1.807, 2.05) is 76.2 Å². The van der Waals surface area contributed by atoms with Crippen molar-refractivity contribution in [2.24, 2.45) is 0 Å². The lowest BCUT2D eigenvalue weighted by molar-refractivity contribution is 1.30. The van der Waals surface area contributed by atoms with Gasteiger partial charge in [0.25, 0.3) is 0 Å². The Hall–Kier alpha value is -2.62. The molecule has 116 valence electrons. The Morgan fingerprint density at radius 1 is 0.818 bits per heavy atom. The number of fused-ring (bicyclic) bond motifs is 1. The number of nitrogen functional groups attached to an aromatic ring is 1. The molecule has 0 radical (unpaired) electrons. The van der Waals surface area contributed by atoms with Crippen LogP contribution in [0.2, 0.25) is 0 Å². The summed E-state index contributed by atoms with van der Waals surface area (Å²) in [5.41, 5.74) is 9.26. The fraction of sp³-hybridized carbons (Fsp3) is 0.222. The van der Waals surface area contributed by atoms with Crippen LogP contribution in [0.1, 0.15) is 27.7 Å². The Morgan fingerprint density at radius 3 is 2.18 bits per heavy atom. The lowest BCUT2D eigenvalue weighted by atomic mass is 10.2. The van der Waals surface area contributed by atoms with Crippen LogP contribution < -0.4 is 11.1 Å². The van der Waals surface area contributed by atoms with Crippen LogP contribution in [0.5, 0.6) is 0 Å². The third-order valence-corrected chi connectivity index (χ3v) is 2.62. The zero-order valence-corrected chi connectivity index (χ0v) is 13.7. The normalized spacial score (nSPS) is 9.09. The van der Waals surface area contributed by atoms with Crippen molar-refractivity contribution in [3.05, 3.63) is 54.7 Å². The molecule has 0 bridgehead atoms. The standard InChI is InChI=1S/C14H12N4.2C2H6/c15-14-9-16-12-7-6-11(8-13(12)18-14)17-10-4-2-1-3-5-10;2*1-2/h1-9,17H,(H2,15,18);2*1-2H3. The molecule has 0 saturated carbocycles. The summed E-state index contributed by atoms with van der Waals surface area (Å²) >= 11 is 0. The molecule has 0 fully saturated rings. The van der Waals surface area contributed by atoms with Gasteiger partial charge in [0.2, 0.25) is 0 Å². The van der Waals surface area contributed by atoms with E-state index < -0.39 is 0 Å². The predicted molar refractivity (Wildman–Crippen MR) is 96.4 cm³/mol.